The van der Waals surface area contributed by atoms with Crippen LogP contribution < -0.4 is 5.73 Å². The number of thiophene rings is 1. The van der Waals surface area contributed by atoms with Gasteiger partial charge in [-0.25, -0.2) is 0 Å². The number of nitrogens with zero attached hydrogens (tertiary/aromatic N) is 1. The van der Waals surface area contributed by atoms with Crippen LogP contribution in [0.4, 0.5) is 0 Å². The van der Waals surface area contributed by atoms with Crippen molar-refractivity contribution in [2.24, 2.45) is 5.73 Å². The highest BCUT2D eigenvalue weighted by Gasteiger charge is 1.99. The second kappa shape index (κ2) is 3.69. The Labute approximate surface area is 75.6 Å². The Morgan fingerprint density at radius 3 is 3.00 bits per heavy atom. The molecule has 0 saturated carbocycles. The van der Waals surface area contributed by atoms with Crippen LogP contribution >= 0.6 is 23.6 Å². The van der Waals surface area contributed by atoms with Gasteiger partial charge in [0.05, 0.1) is 0 Å². The van der Waals surface area contributed by atoms with Crippen LogP contribution in [0, 0.1) is 0 Å². The lowest BCUT2D eigenvalue weighted by atomic mass is 10.3. The minimum atomic E-state index is 0.441. The number of hydrogen-bond acceptors (Lipinski definition) is 2. The summed E-state index contributed by atoms with van der Waals surface area (Å²) >= 11 is 6.48. The quantitative estimate of drug-likeness (QED) is 0.708. The molecule has 1 heterocycles. The Hall–Kier alpha value is -0.610. The largest absolute Gasteiger partial charge is 0.376 e. The van der Waals surface area contributed by atoms with E-state index in [0.29, 0.717) is 5.11 Å². The van der Waals surface area contributed by atoms with Gasteiger partial charge >= 0.3 is 0 Å². The molecule has 0 atom stereocenters. The molecule has 0 radical (unpaired) electrons. The molecule has 0 unspecified atom stereocenters. The lowest BCUT2D eigenvalue weighted by Gasteiger charge is -2.15. The summed E-state index contributed by atoms with van der Waals surface area (Å²) in [5.41, 5.74) is 6.67. The molecule has 11 heavy (non-hydrogen) atoms. The van der Waals surface area contributed by atoms with E-state index in [9.17, 15) is 0 Å². The molecule has 0 spiro atoms. The molecule has 0 saturated heterocycles. The predicted molar refractivity (Wildman–Crippen MR) is 52.6 cm³/mol. The standard InChI is InChI=1S/C7H10N2S2/c1-9(7(8)10)4-6-2-3-11-5-6/h2-3,5H,4H2,1H3,(H2,8,10). The minimum Gasteiger partial charge on any atom is -0.376 e. The van der Waals surface area contributed by atoms with Crippen molar-refractivity contribution in [3.8, 4) is 0 Å². The first-order chi connectivity index (χ1) is 5.20. The molecule has 0 bridgehead atoms. The Morgan fingerprint density at radius 2 is 2.55 bits per heavy atom. The van der Waals surface area contributed by atoms with Gasteiger partial charge in [-0.2, -0.15) is 11.3 Å². The van der Waals surface area contributed by atoms with E-state index in [4.69, 9.17) is 18.0 Å². The van der Waals surface area contributed by atoms with Gasteiger partial charge in [-0.3, -0.25) is 0 Å². The molecule has 4 heteroatoms. The highest BCUT2D eigenvalue weighted by molar-refractivity contribution is 7.80. The molecular weight excluding hydrogens is 176 g/mol. The van der Waals surface area contributed by atoms with Gasteiger partial charge < -0.3 is 10.6 Å². The maximum atomic E-state index is 5.41. The predicted octanol–water partition coefficient (Wildman–Crippen LogP) is 1.42. The molecule has 0 aliphatic rings. The Balaban J connectivity index is 2.50. The van der Waals surface area contributed by atoms with Crippen molar-refractivity contribution in [2.45, 2.75) is 6.54 Å². The summed E-state index contributed by atoms with van der Waals surface area (Å²) < 4.78 is 0. The summed E-state index contributed by atoms with van der Waals surface area (Å²) in [6, 6.07) is 2.07. The van der Waals surface area contributed by atoms with Gasteiger partial charge in [-0.1, -0.05) is 0 Å². The number of thiocarbonyl (C=S) groups is 1. The first kappa shape index (κ1) is 8.49. The van der Waals surface area contributed by atoms with Crippen molar-refractivity contribution >= 4 is 28.7 Å². The van der Waals surface area contributed by atoms with E-state index in [2.05, 4.69) is 11.4 Å². The highest BCUT2D eigenvalue weighted by atomic mass is 32.1. The fraction of sp³-hybridized carbons (Fsp3) is 0.286. The molecule has 0 aliphatic heterocycles. The van der Waals surface area contributed by atoms with E-state index < -0.39 is 0 Å². The van der Waals surface area contributed by atoms with Gasteiger partial charge in [0.15, 0.2) is 5.11 Å². The van der Waals surface area contributed by atoms with Gasteiger partial charge in [0.1, 0.15) is 0 Å². The summed E-state index contributed by atoms with van der Waals surface area (Å²) in [5, 5.41) is 4.58. The first-order valence-electron chi connectivity index (χ1n) is 3.22. The minimum absolute atomic E-state index is 0.441. The van der Waals surface area contributed by atoms with Crippen LogP contribution in [0.15, 0.2) is 16.8 Å². The molecule has 1 aromatic rings. The van der Waals surface area contributed by atoms with Crippen LogP contribution in [-0.4, -0.2) is 17.1 Å². The zero-order valence-electron chi connectivity index (χ0n) is 6.28. The van der Waals surface area contributed by atoms with E-state index >= 15 is 0 Å². The van der Waals surface area contributed by atoms with Gasteiger partial charge in [-0.15, -0.1) is 0 Å². The van der Waals surface area contributed by atoms with E-state index in [-0.39, 0.29) is 0 Å². The van der Waals surface area contributed by atoms with E-state index in [1.54, 1.807) is 11.3 Å². The maximum absolute atomic E-state index is 5.41. The van der Waals surface area contributed by atoms with E-state index in [1.807, 2.05) is 17.3 Å². The normalized spacial score (nSPS) is 9.55. The summed E-state index contributed by atoms with van der Waals surface area (Å²) in [4.78, 5) is 1.84. The average molecular weight is 186 g/mol. The number of nitrogens with two attached hydrogens (primary N) is 1. The van der Waals surface area contributed by atoms with Gasteiger partial charge in [-0.05, 0) is 34.6 Å². The Bertz CT molecular complexity index is 231. The summed E-state index contributed by atoms with van der Waals surface area (Å²) in [7, 11) is 1.89. The second-order valence-electron chi connectivity index (χ2n) is 2.33. The molecule has 0 aromatic carbocycles. The zero-order valence-corrected chi connectivity index (χ0v) is 7.91. The molecule has 2 N–H and O–H groups in total. The monoisotopic (exact) mass is 186 g/mol. The number of rotatable bonds is 2. The smallest absolute Gasteiger partial charge is 0.166 e. The highest BCUT2D eigenvalue weighted by Crippen LogP contribution is 2.07. The first-order valence-corrected chi connectivity index (χ1v) is 4.57. The van der Waals surface area contributed by atoms with Crippen molar-refractivity contribution in [3.63, 3.8) is 0 Å². The van der Waals surface area contributed by atoms with Crippen molar-refractivity contribution in [2.75, 3.05) is 7.05 Å². The lowest BCUT2D eigenvalue weighted by molar-refractivity contribution is 0.505. The third kappa shape index (κ3) is 2.48. The maximum Gasteiger partial charge on any atom is 0.166 e. The van der Waals surface area contributed by atoms with Crippen molar-refractivity contribution < 1.29 is 0 Å². The van der Waals surface area contributed by atoms with Crippen LogP contribution in [0.3, 0.4) is 0 Å². The molecule has 1 aromatic heterocycles. The van der Waals surface area contributed by atoms with Crippen LogP contribution in [0.1, 0.15) is 5.56 Å². The molecule has 0 amide bonds. The third-order valence-electron chi connectivity index (χ3n) is 1.38. The average Bonchev–Trinajstić information content (AvgIpc) is 2.39. The molecule has 2 nitrogen and oxygen atoms in total. The number of hydrogen-bond donors (Lipinski definition) is 1. The summed E-state index contributed by atoms with van der Waals surface area (Å²) in [5.74, 6) is 0. The van der Waals surface area contributed by atoms with Gasteiger partial charge in [0, 0.05) is 13.6 Å². The van der Waals surface area contributed by atoms with Crippen LogP contribution in [0.2, 0.25) is 0 Å². The van der Waals surface area contributed by atoms with Crippen molar-refractivity contribution in [3.05, 3.63) is 22.4 Å². The van der Waals surface area contributed by atoms with Gasteiger partial charge in [0.2, 0.25) is 0 Å². The topological polar surface area (TPSA) is 29.3 Å². The molecule has 0 aliphatic carbocycles. The second-order valence-corrected chi connectivity index (χ2v) is 3.52. The molecule has 0 fully saturated rings. The summed E-state index contributed by atoms with van der Waals surface area (Å²) in [6.45, 7) is 0.804. The third-order valence-corrected chi connectivity index (χ3v) is 2.42. The van der Waals surface area contributed by atoms with Crippen LogP contribution in [0.5, 0.6) is 0 Å². The molecule has 60 valence electrons. The molecular formula is C7H10N2S2. The fourth-order valence-corrected chi connectivity index (χ4v) is 1.46. The van der Waals surface area contributed by atoms with Crippen molar-refractivity contribution in [1.82, 2.24) is 4.90 Å². The summed E-state index contributed by atoms with van der Waals surface area (Å²) in [6.07, 6.45) is 0. The molecule has 1 rings (SSSR count). The Morgan fingerprint density at radius 1 is 1.82 bits per heavy atom. The van der Waals surface area contributed by atoms with Crippen LogP contribution in [0.25, 0.3) is 0 Å². The van der Waals surface area contributed by atoms with Crippen LogP contribution in [-0.2, 0) is 6.54 Å². The van der Waals surface area contributed by atoms with Gasteiger partial charge in [0.25, 0.3) is 0 Å². The fourth-order valence-electron chi connectivity index (χ4n) is 0.734. The van der Waals surface area contributed by atoms with Crippen molar-refractivity contribution in [1.29, 1.82) is 0 Å². The SMILES string of the molecule is CN(Cc1ccsc1)C(N)=S. The van der Waals surface area contributed by atoms with E-state index in [1.165, 1.54) is 5.56 Å². The van der Waals surface area contributed by atoms with E-state index in [0.717, 1.165) is 6.54 Å². The zero-order chi connectivity index (χ0) is 8.27. The lowest BCUT2D eigenvalue weighted by Crippen LogP contribution is -2.30. The Kier molecular flexibility index (Phi) is 2.84.